The van der Waals surface area contributed by atoms with Gasteiger partial charge in [0.05, 0.1) is 25.5 Å². The Morgan fingerprint density at radius 1 is 1.14 bits per heavy atom. The van der Waals surface area contributed by atoms with Crippen LogP contribution in [0.25, 0.3) is 0 Å². The Kier molecular flexibility index (Phi) is 6.89. The molecule has 0 spiro atoms. The van der Waals surface area contributed by atoms with Crippen LogP contribution >= 0.6 is 0 Å². The molecule has 1 aliphatic rings. The molecule has 1 aromatic carbocycles. The van der Waals surface area contributed by atoms with Gasteiger partial charge in [0.15, 0.2) is 0 Å². The Bertz CT molecular complexity index is 831. The second-order valence-corrected chi connectivity index (χ2v) is 6.74. The minimum atomic E-state index is -0.241. The standard InChI is InChI=1S/C22H27N3O3/c1-27-18-9-10-19(20(14-18)28-2)25-22(26)17-8-11-21(24-15-17)23-13-12-16-6-4-3-5-7-16/h6,8-11,14-15H,3-5,7,12-13H2,1-2H3,(H,23,24)(H,25,26). The Morgan fingerprint density at radius 2 is 2.04 bits per heavy atom. The molecule has 2 N–H and O–H groups in total. The van der Waals surface area contributed by atoms with Crippen LogP contribution in [-0.4, -0.2) is 31.7 Å². The number of pyridine rings is 1. The first-order valence-electron chi connectivity index (χ1n) is 9.61. The molecule has 1 amide bonds. The lowest BCUT2D eigenvalue weighted by atomic mass is 9.97. The lowest BCUT2D eigenvalue weighted by Gasteiger charge is -2.13. The first kappa shape index (κ1) is 19.7. The number of carbonyl (C=O) groups is 1. The summed E-state index contributed by atoms with van der Waals surface area (Å²) in [7, 11) is 3.14. The lowest BCUT2D eigenvalue weighted by Crippen LogP contribution is -2.13. The van der Waals surface area contributed by atoms with Crippen LogP contribution in [0.4, 0.5) is 11.5 Å². The summed E-state index contributed by atoms with van der Waals surface area (Å²) in [6.07, 6.45) is 10.0. The van der Waals surface area contributed by atoms with Crippen molar-refractivity contribution in [2.45, 2.75) is 32.1 Å². The molecule has 0 unspecified atom stereocenters. The normalized spacial score (nSPS) is 13.4. The molecule has 0 aliphatic heterocycles. The fraction of sp³-hybridized carbons (Fsp3) is 0.364. The summed E-state index contributed by atoms with van der Waals surface area (Å²) in [4.78, 5) is 16.9. The molecular formula is C22H27N3O3. The smallest absolute Gasteiger partial charge is 0.257 e. The minimum Gasteiger partial charge on any atom is -0.497 e. The minimum absolute atomic E-state index is 0.241. The van der Waals surface area contributed by atoms with Crippen LogP contribution in [0.1, 0.15) is 42.5 Å². The Morgan fingerprint density at radius 3 is 2.71 bits per heavy atom. The monoisotopic (exact) mass is 381 g/mol. The highest BCUT2D eigenvalue weighted by Crippen LogP contribution is 2.29. The molecule has 0 saturated heterocycles. The number of hydrogen-bond acceptors (Lipinski definition) is 5. The molecular weight excluding hydrogens is 354 g/mol. The fourth-order valence-corrected chi connectivity index (χ4v) is 3.21. The van der Waals surface area contributed by atoms with Crippen molar-refractivity contribution in [3.63, 3.8) is 0 Å². The van der Waals surface area contributed by atoms with Gasteiger partial charge in [0.25, 0.3) is 5.91 Å². The molecule has 0 radical (unpaired) electrons. The van der Waals surface area contributed by atoms with Crippen LogP contribution in [0.3, 0.4) is 0 Å². The Balaban J connectivity index is 1.55. The van der Waals surface area contributed by atoms with Crippen molar-refractivity contribution in [3.8, 4) is 11.5 Å². The van der Waals surface area contributed by atoms with Gasteiger partial charge in [-0.2, -0.15) is 0 Å². The largest absolute Gasteiger partial charge is 0.497 e. The molecule has 0 saturated carbocycles. The molecule has 6 heteroatoms. The number of nitrogens with zero attached hydrogens (tertiary/aromatic N) is 1. The van der Waals surface area contributed by atoms with Crippen molar-refractivity contribution in [3.05, 3.63) is 53.7 Å². The van der Waals surface area contributed by atoms with E-state index in [1.54, 1.807) is 44.7 Å². The average molecular weight is 381 g/mol. The van der Waals surface area contributed by atoms with Crippen molar-refractivity contribution in [1.29, 1.82) is 0 Å². The maximum atomic E-state index is 12.5. The topological polar surface area (TPSA) is 72.5 Å². The zero-order valence-electron chi connectivity index (χ0n) is 16.5. The van der Waals surface area contributed by atoms with Crippen molar-refractivity contribution in [2.24, 2.45) is 0 Å². The number of methoxy groups -OCH3 is 2. The average Bonchev–Trinajstić information content (AvgIpc) is 2.75. The lowest BCUT2D eigenvalue weighted by molar-refractivity contribution is 0.102. The van der Waals surface area contributed by atoms with E-state index in [1.807, 2.05) is 6.07 Å². The van der Waals surface area contributed by atoms with E-state index in [0.717, 1.165) is 18.8 Å². The van der Waals surface area contributed by atoms with E-state index in [0.29, 0.717) is 22.7 Å². The van der Waals surface area contributed by atoms with Crippen molar-refractivity contribution < 1.29 is 14.3 Å². The van der Waals surface area contributed by atoms with Crippen LogP contribution in [0.5, 0.6) is 11.5 Å². The molecule has 0 atom stereocenters. The number of rotatable bonds is 8. The number of hydrogen-bond donors (Lipinski definition) is 2. The summed E-state index contributed by atoms with van der Waals surface area (Å²) in [5.41, 5.74) is 2.60. The summed E-state index contributed by atoms with van der Waals surface area (Å²) in [5, 5.41) is 6.17. The molecule has 148 valence electrons. The molecule has 3 rings (SSSR count). The van der Waals surface area contributed by atoms with E-state index in [4.69, 9.17) is 9.47 Å². The Labute approximate surface area is 166 Å². The number of ether oxygens (including phenoxy) is 2. The van der Waals surface area contributed by atoms with E-state index in [9.17, 15) is 4.79 Å². The van der Waals surface area contributed by atoms with Crippen LogP contribution in [-0.2, 0) is 0 Å². The summed E-state index contributed by atoms with van der Waals surface area (Å²) < 4.78 is 10.5. The first-order chi connectivity index (χ1) is 13.7. The highest BCUT2D eigenvalue weighted by atomic mass is 16.5. The van der Waals surface area contributed by atoms with E-state index in [2.05, 4.69) is 21.7 Å². The third-order valence-electron chi connectivity index (χ3n) is 4.82. The van der Waals surface area contributed by atoms with E-state index in [-0.39, 0.29) is 5.91 Å². The molecule has 28 heavy (non-hydrogen) atoms. The van der Waals surface area contributed by atoms with Crippen molar-refractivity contribution in [2.75, 3.05) is 31.4 Å². The number of amides is 1. The summed E-state index contributed by atoms with van der Waals surface area (Å²) >= 11 is 0. The van der Waals surface area contributed by atoms with Crippen LogP contribution < -0.4 is 20.1 Å². The summed E-state index contributed by atoms with van der Waals surface area (Å²) in [6, 6.07) is 8.84. The predicted molar refractivity (Wildman–Crippen MR) is 111 cm³/mol. The van der Waals surface area contributed by atoms with Gasteiger partial charge >= 0.3 is 0 Å². The van der Waals surface area contributed by atoms with Gasteiger partial charge in [-0.25, -0.2) is 4.98 Å². The molecule has 2 aromatic rings. The summed E-state index contributed by atoms with van der Waals surface area (Å²) in [6.45, 7) is 0.855. The second-order valence-electron chi connectivity index (χ2n) is 6.74. The van der Waals surface area contributed by atoms with E-state index < -0.39 is 0 Å². The van der Waals surface area contributed by atoms with Crippen molar-refractivity contribution in [1.82, 2.24) is 4.98 Å². The van der Waals surface area contributed by atoms with Gasteiger partial charge < -0.3 is 20.1 Å². The zero-order valence-corrected chi connectivity index (χ0v) is 16.5. The predicted octanol–water partition coefficient (Wildman–Crippen LogP) is 4.65. The molecule has 0 fully saturated rings. The van der Waals surface area contributed by atoms with Gasteiger partial charge in [-0.05, 0) is 56.4 Å². The van der Waals surface area contributed by atoms with Crippen molar-refractivity contribution >= 4 is 17.4 Å². The third kappa shape index (κ3) is 5.25. The molecule has 1 heterocycles. The number of benzene rings is 1. The number of allylic oxidation sites excluding steroid dienone is 1. The fourth-order valence-electron chi connectivity index (χ4n) is 3.21. The third-order valence-corrected chi connectivity index (χ3v) is 4.82. The molecule has 6 nitrogen and oxygen atoms in total. The number of aromatic nitrogens is 1. The zero-order chi connectivity index (χ0) is 19.8. The maximum absolute atomic E-state index is 12.5. The number of carbonyl (C=O) groups excluding carboxylic acids is 1. The van der Waals surface area contributed by atoms with Crippen LogP contribution in [0, 0.1) is 0 Å². The summed E-state index contributed by atoms with van der Waals surface area (Å²) in [5.74, 6) is 1.73. The highest BCUT2D eigenvalue weighted by Gasteiger charge is 2.11. The maximum Gasteiger partial charge on any atom is 0.257 e. The van der Waals surface area contributed by atoms with Gasteiger partial charge in [-0.15, -0.1) is 0 Å². The molecule has 0 bridgehead atoms. The quantitative estimate of drug-likeness (QED) is 0.651. The SMILES string of the molecule is COc1ccc(NC(=O)c2ccc(NCCC3=CCCCC3)nc2)c(OC)c1. The number of nitrogens with one attached hydrogen (secondary N) is 2. The Hall–Kier alpha value is -3.02. The van der Waals surface area contributed by atoms with Gasteiger partial charge in [0.2, 0.25) is 0 Å². The highest BCUT2D eigenvalue weighted by molar-refractivity contribution is 6.05. The molecule has 1 aliphatic carbocycles. The van der Waals surface area contributed by atoms with Crippen LogP contribution in [0.2, 0.25) is 0 Å². The van der Waals surface area contributed by atoms with Gasteiger partial charge in [0.1, 0.15) is 17.3 Å². The van der Waals surface area contributed by atoms with Gasteiger partial charge in [-0.3, -0.25) is 4.79 Å². The number of anilines is 2. The van der Waals surface area contributed by atoms with E-state index in [1.165, 1.54) is 31.3 Å². The van der Waals surface area contributed by atoms with Crippen LogP contribution in [0.15, 0.2) is 48.2 Å². The van der Waals surface area contributed by atoms with Gasteiger partial charge in [0, 0.05) is 18.8 Å². The van der Waals surface area contributed by atoms with Gasteiger partial charge in [-0.1, -0.05) is 11.6 Å². The van der Waals surface area contributed by atoms with E-state index >= 15 is 0 Å². The first-order valence-corrected chi connectivity index (χ1v) is 9.61. The molecule has 1 aromatic heterocycles. The second kappa shape index (κ2) is 9.78.